The minimum Gasteiger partial charge on any atom is -0.465 e. The Bertz CT molecular complexity index is 212. The maximum atomic E-state index is 10.7. The Kier molecular flexibility index (Phi) is 2.15. The zero-order chi connectivity index (χ0) is 9.31. The van der Waals surface area contributed by atoms with E-state index in [9.17, 15) is 4.79 Å². The average molecular weight is 184 g/mol. The maximum Gasteiger partial charge on any atom is 0.407 e. The predicted molar refractivity (Wildman–Crippen MR) is 48.8 cm³/mol. The van der Waals surface area contributed by atoms with Gasteiger partial charge in [-0.2, -0.15) is 0 Å². The lowest BCUT2D eigenvalue weighted by molar-refractivity contribution is 0.143. The first-order chi connectivity index (χ1) is 6.22. The topological polar surface area (TPSA) is 52.6 Å². The number of nitrogens with zero attached hydrogens (tertiary/aromatic N) is 1. The van der Waals surface area contributed by atoms with Crippen LogP contribution in [0.5, 0.6) is 0 Å². The van der Waals surface area contributed by atoms with E-state index in [1.165, 1.54) is 12.8 Å². The molecule has 2 saturated heterocycles. The number of carboxylic acid groups (broad SMARTS) is 1. The molecule has 1 spiro atoms. The van der Waals surface area contributed by atoms with Gasteiger partial charge in [-0.15, -0.1) is 0 Å². The fourth-order valence-electron chi connectivity index (χ4n) is 2.48. The van der Waals surface area contributed by atoms with Gasteiger partial charge in [0.2, 0.25) is 0 Å². The standard InChI is InChI=1S/C9H16N2O2/c12-8(13)11-5-3-9(7-11)2-1-4-10-6-9/h10H,1-7H2,(H,12,13). The molecule has 0 saturated carbocycles. The highest BCUT2D eigenvalue weighted by Crippen LogP contribution is 2.36. The van der Waals surface area contributed by atoms with Crippen molar-refractivity contribution in [3.05, 3.63) is 0 Å². The number of piperidine rings is 1. The molecular weight excluding hydrogens is 168 g/mol. The van der Waals surface area contributed by atoms with Gasteiger partial charge < -0.3 is 15.3 Å². The molecule has 2 aliphatic heterocycles. The molecule has 2 aliphatic rings. The molecule has 74 valence electrons. The van der Waals surface area contributed by atoms with E-state index in [0.29, 0.717) is 0 Å². The number of nitrogens with one attached hydrogen (secondary N) is 1. The van der Waals surface area contributed by atoms with Gasteiger partial charge >= 0.3 is 6.09 Å². The first-order valence-corrected chi connectivity index (χ1v) is 4.91. The van der Waals surface area contributed by atoms with Crippen molar-refractivity contribution in [1.82, 2.24) is 10.2 Å². The lowest BCUT2D eigenvalue weighted by Gasteiger charge is -2.33. The normalized spacial score (nSPS) is 34.0. The molecule has 0 bridgehead atoms. The fraction of sp³-hybridized carbons (Fsp3) is 0.889. The number of likely N-dealkylation sites (tertiary alicyclic amines) is 1. The van der Waals surface area contributed by atoms with Gasteiger partial charge in [-0.1, -0.05) is 0 Å². The Hall–Kier alpha value is -0.770. The summed E-state index contributed by atoms with van der Waals surface area (Å²) in [5, 5.41) is 12.2. The van der Waals surface area contributed by atoms with Crippen LogP contribution >= 0.6 is 0 Å². The molecule has 0 aromatic heterocycles. The van der Waals surface area contributed by atoms with Crippen LogP contribution in [0.3, 0.4) is 0 Å². The highest BCUT2D eigenvalue weighted by atomic mass is 16.4. The van der Waals surface area contributed by atoms with E-state index in [1.54, 1.807) is 4.90 Å². The summed E-state index contributed by atoms with van der Waals surface area (Å²) in [7, 11) is 0. The van der Waals surface area contributed by atoms with Gasteiger partial charge in [0.05, 0.1) is 0 Å². The number of rotatable bonds is 0. The lowest BCUT2D eigenvalue weighted by atomic mass is 9.80. The number of amides is 1. The number of hydrogen-bond acceptors (Lipinski definition) is 2. The Morgan fingerprint density at radius 1 is 1.46 bits per heavy atom. The molecule has 1 unspecified atom stereocenters. The second kappa shape index (κ2) is 3.18. The minimum atomic E-state index is -0.762. The van der Waals surface area contributed by atoms with Gasteiger partial charge in [-0.25, -0.2) is 4.79 Å². The largest absolute Gasteiger partial charge is 0.465 e. The summed E-state index contributed by atoms with van der Waals surface area (Å²) in [5.41, 5.74) is 0.261. The van der Waals surface area contributed by atoms with Gasteiger partial charge in [0.25, 0.3) is 0 Å². The van der Waals surface area contributed by atoms with E-state index >= 15 is 0 Å². The minimum absolute atomic E-state index is 0.261. The van der Waals surface area contributed by atoms with Crippen LogP contribution in [0.4, 0.5) is 4.79 Å². The summed E-state index contributed by atoms with van der Waals surface area (Å²) < 4.78 is 0. The monoisotopic (exact) mass is 184 g/mol. The SMILES string of the molecule is O=C(O)N1CCC2(CCCNC2)C1. The van der Waals surface area contributed by atoms with Gasteiger partial charge in [-0.3, -0.25) is 0 Å². The third-order valence-corrected chi connectivity index (χ3v) is 3.27. The van der Waals surface area contributed by atoms with Crippen molar-refractivity contribution in [1.29, 1.82) is 0 Å². The van der Waals surface area contributed by atoms with Crippen molar-refractivity contribution in [3.8, 4) is 0 Å². The molecule has 0 aromatic carbocycles. The van der Waals surface area contributed by atoms with Crippen molar-refractivity contribution in [2.45, 2.75) is 19.3 Å². The van der Waals surface area contributed by atoms with Gasteiger partial charge in [-0.05, 0) is 25.8 Å². The Morgan fingerprint density at radius 2 is 2.31 bits per heavy atom. The van der Waals surface area contributed by atoms with E-state index < -0.39 is 6.09 Å². The highest BCUT2D eigenvalue weighted by Gasteiger charge is 2.40. The van der Waals surface area contributed by atoms with E-state index in [0.717, 1.165) is 32.6 Å². The molecule has 13 heavy (non-hydrogen) atoms. The fourth-order valence-corrected chi connectivity index (χ4v) is 2.48. The zero-order valence-corrected chi connectivity index (χ0v) is 7.75. The second-order valence-corrected chi connectivity index (χ2v) is 4.23. The second-order valence-electron chi connectivity index (χ2n) is 4.23. The van der Waals surface area contributed by atoms with Crippen LogP contribution in [0.1, 0.15) is 19.3 Å². The summed E-state index contributed by atoms with van der Waals surface area (Å²) in [4.78, 5) is 12.3. The molecule has 0 aliphatic carbocycles. The highest BCUT2D eigenvalue weighted by molar-refractivity contribution is 5.65. The quantitative estimate of drug-likeness (QED) is 0.584. The van der Waals surface area contributed by atoms with Crippen LogP contribution in [0, 0.1) is 5.41 Å². The molecule has 2 heterocycles. The Labute approximate surface area is 77.9 Å². The summed E-state index contributed by atoms with van der Waals surface area (Å²) in [6.07, 6.45) is 2.64. The van der Waals surface area contributed by atoms with Crippen LogP contribution in [-0.2, 0) is 0 Å². The van der Waals surface area contributed by atoms with Crippen molar-refractivity contribution >= 4 is 6.09 Å². The molecule has 2 N–H and O–H groups in total. The molecule has 0 radical (unpaired) electrons. The van der Waals surface area contributed by atoms with Crippen molar-refractivity contribution in [2.75, 3.05) is 26.2 Å². The van der Waals surface area contributed by atoms with E-state index in [-0.39, 0.29) is 5.41 Å². The number of hydrogen-bond donors (Lipinski definition) is 2. The van der Waals surface area contributed by atoms with Crippen LogP contribution in [0.25, 0.3) is 0 Å². The third-order valence-electron chi connectivity index (χ3n) is 3.27. The van der Waals surface area contributed by atoms with Crippen LogP contribution in [0.2, 0.25) is 0 Å². The maximum absolute atomic E-state index is 10.7. The number of carbonyl (C=O) groups is 1. The van der Waals surface area contributed by atoms with Crippen molar-refractivity contribution in [3.63, 3.8) is 0 Å². The van der Waals surface area contributed by atoms with Crippen molar-refractivity contribution < 1.29 is 9.90 Å². The van der Waals surface area contributed by atoms with E-state index in [2.05, 4.69) is 5.32 Å². The molecular formula is C9H16N2O2. The first-order valence-electron chi connectivity index (χ1n) is 4.91. The summed E-state index contributed by atoms with van der Waals surface area (Å²) >= 11 is 0. The van der Waals surface area contributed by atoms with Gasteiger partial charge in [0.15, 0.2) is 0 Å². The smallest absolute Gasteiger partial charge is 0.407 e. The first kappa shape index (κ1) is 8.81. The van der Waals surface area contributed by atoms with Crippen LogP contribution in [0.15, 0.2) is 0 Å². The van der Waals surface area contributed by atoms with E-state index in [1.807, 2.05) is 0 Å². The molecule has 1 amide bonds. The van der Waals surface area contributed by atoms with Crippen LogP contribution in [-0.4, -0.2) is 42.3 Å². The van der Waals surface area contributed by atoms with Crippen LogP contribution < -0.4 is 5.32 Å². The summed E-state index contributed by atoms with van der Waals surface area (Å²) in [6, 6.07) is 0. The van der Waals surface area contributed by atoms with Crippen molar-refractivity contribution in [2.24, 2.45) is 5.41 Å². The van der Waals surface area contributed by atoms with Gasteiger partial charge in [0, 0.05) is 25.0 Å². The lowest BCUT2D eigenvalue weighted by Crippen LogP contribution is -2.42. The molecule has 4 heteroatoms. The molecule has 4 nitrogen and oxygen atoms in total. The molecule has 0 aromatic rings. The zero-order valence-electron chi connectivity index (χ0n) is 7.75. The summed E-state index contributed by atoms with van der Waals surface area (Å²) in [5.74, 6) is 0. The Morgan fingerprint density at radius 3 is 2.85 bits per heavy atom. The Balaban J connectivity index is 1.98. The molecule has 2 rings (SSSR count). The summed E-state index contributed by atoms with van der Waals surface area (Å²) in [6.45, 7) is 3.54. The molecule has 2 fully saturated rings. The van der Waals surface area contributed by atoms with Gasteiger partial charge in [0.1, 0.15) is 0 Å². The van der Waals surface area contributed by atoms with E-state index in [4.69, 9.17) is 5.11 Å². The molecule has 1 atom stereocenters. The third kappa shape index (κ3) is 1.63. The average Bonchev–Trinajstić information content (AvgIpc) is 2.51. The predicted octanol–water partition coefficient (Wildman–Crippen LogP) is 0.740.